The van der Waals surface area contributed by atoms with Gasteiger partial charge < -0.3 is 9.47 Å². The lowest BCUT2D eigenvalue weighted by molar-refractivity contribution is 0.258. The monoisotopic (exact) mass is 461 g/mol. The van der Waals surface area contributed by atoms with Gasteiger partial charge in [0.15, 0.2) is 0 Å². The molecular weight excluding hydrogens is 422 g/mol. The van der Waals surface area contributed by atoms with E-state index in [0.29, 0.717) is 10.9 Å². The van der Waals surface area contributed by atoms with Gasteiger partial charge >= 0.3 is 0 Å². The zero-order valence-electron chi connectivity index (χ0n) is 21.0. The van der Waals surface area contributed by atoms with E-state index in [1.165, 1.54) is 0 Å². The predicted octanol–water partition coefficient (Wildman–Crippen LogP) is 2.83. The highest BCUT2D eigenvalue weighted by atomic mass is 32.2. The van der Waals surface area contributed by atoms with Crippen LogP contribution in [0.4, 0.5) is 5.82 Å². The molecule has 1 atom stereocenters. The largest absolute Gasteiger partial charge is 0.354 e. The fraction of sp³-hybridized carbons (Fsp3) is 0.739. The van der Waals surface area contributed by atoms with E-state index in [-0.39, 0.29) is 10.8 Å². The highest BCUT2D eigenvalue weighted by Crippen LogP contribution is 2.28. The van der Waals surface area contributed by atoms with Gasteiger partial charge in [-0.2, -0.15) is 0 Å². The number of aromatic nitrogens is 5. The van der Waals surface area contributed by atoms with Crippen LogP contribution in [-0.2, 0) is 28.7 Å². The first-order chi connectivity index (χ1) is 14.9. The molecule has 0 saturated carbocycles. The van der Waals surface area contributed by atoms with E-state index in [1.54, 1.807) is 0 Å². The third-order valence-electron chi connectivity index (χ3n) is 5.91. The van der Waals surface area contributed by atoms with E-state index in [2.05, 4.69) is 67.6 Å². The van der Waals surface area contributed by atoms with Crippen molar-refractivity contribution in [2.45, 2.75) is 70.9 Å². The van der Waals surface area contributed by atoms with E-state index in [9.17, 15) is 4.21 Å². The SMILES string of the molecule is Cc1nnc(S(=O)CCCN2CCN(c3cc(C(C)(C)C)nc(C(C)(C)C)n3)CC2)n1C. The molecule has 1 saturated heterocycles. The molecule has 8 nitrogen and oxygen atoms in total. The lowest BCUT2D eigenvalue weighted by Crippen LogP contribution is -2.47. The van der Waals surface area contributed by atoms with Crippen molar-refractivity contribution in [2.24, 2.45) is 7.05 Å². The number of nitrogens with zero attached hydrogens (tertiary/aromatic N) is 7. The number of piperazine rings is 1. The fourth-order valence-corrected chi connectivity index (χ4v) is 4.76. The Kier molecular flexibility index (Phi) is 7.39. The number of hydrogen-bond acceptors (Lipinski definition) is 7. The van der Waals surface area contributed by atoms with E-state index >= 15 is 0 Å². The number of rotatable bonds is 6. The van der Waals surface area contributed by atoms with Crippen molar-refractivity contribution < 1.29 is 4.21 Å². The third-order valence-corrected chi connectivity index (χ3v) is 7.33. The molecule has 0 N–H and O–H groups in total. The molecule has 0 radical (unpaired) electrons. The van der Waals surface area contributed by atoms with Crippen LogP contribution in [-0.4, -0.2) is 72.3 Å². The van der Waals surface area contributed by atoms with Crippen molar-refractivity contribution in [3.63, 3.8) is 0 Å². The Balaban J connectivity index is 1.57. The van der Waals surface area contributed by atoms with Gasteiger partial charge in [-0.1, -0.05) is 41.5 Å². The second-order valence-electron chi connectivity index (χ2n) is 10.8. The summed E-state index contributed by atoms with van der Waals surface area (Å²) >= 11 is 0. The average molecular weight is 462 g/mol. The zero-order chi connectivity index (χ0) is 23.7. The quantitative estimate of drug-likeness (QED) is 0.654. The molecule has 0 spiro atoms. The van der Waals surface area contributed by atoms with Crippen LogP contribution in [0.3, 0.4) is 0 Å². The Morgan fingerprint density at radius 3 is 2.16 bits per heavy atom. The number of aryl methyl sites for hydroxylation is 1. The maximum absolute atomic E-state index is 12.5. The molecule has 1 fully saturated rings. The van der Waals surface area contributed by atoms with Gasteiger partial charge in [-0.25, -0.2) is 9.97 Å². The Hall–Kier alpha value is -1.87. The van der Waals surface area contributed by atoms with Crippen LogP contribution < -0.4 is 4.90 Å². The molecule has 3 heterocycles. The van der Waals surface area contributed by atoms with Gasteiger partial charge in [-0.05, 0) is 19.9 Å². The number of anilines is 1. The second kappa shape index (κ2) is 9.55. The van der Waals surface area contributed by atoms with Crippen molar-refractivity contribution >= 4 is 16.6 Å². The average Bonchev–Trinajstić information content (AvgIpc) is 3.05. The first-order valence-corrected chi connectivity index (χ1v) is 12.8. The van der Waals surface area contributed by atoms with Crippen LogP contribution in [0.25, 0.3) is 0 Å². The molecule has 2 aromatic rings. The summed E-state index contributed by atoms with van der Waals surface area (Å²) in [5.41, 5.74) is 0.988. The molecule has 178 valence electrons. The van der Waals surface area contributed by atoms with Gasteiger partial charge in [0.1, 0.15) is 17.5 Å². The Labute approximate surface area is 195 Å². The number of hydrogen-bond donors (Lipinski definition) is 0. The summed E-state index contributed by atoms with van der Waals surface area (Å²) in [6.07, 6.45) is 0.883. The minimum atomic E-state index is -1.10. The van der Waals surface area contributed by atoms with E-state index in [4.69, 9.17) is 9.97 Å². The van der Waals surface area contributed by atoms with E-state index < -0.39 is 10.8 Å². The summed E-state index contributed by atoms with van der Waals surface area (Å²) in [7, 11) is 0.764. The van der Waals surface area contributed by atoms with Crippen LogP contribution in [0.1, 0.15) is 65.3 Å². The standard InChI is InChI=1S/C23H39N7OS/c1-17-26-27-21(28(17)8)32(31)15-9-10-29-11-13-30(14-12-29)19-16-18(22(2,3)4)24-20(25-19)23(5,6)7/h16H,9-15H2,1-8H3. The van der Waals surface area contributed by atoms with Gasteiger partial charge in [0.05, 0.1) is 16.5 Å². The molecule has 1 unspecified atom stereocenters. The topological polar surface area (TPSA) is 80.0 Å². The smallest absolute Gasteiger partial charge is 0.221 e. The minimum absolute atomic E-state index is 0.0174. The third kappa shape index (κ3) is 5.92. The van der Waals surface area contributed by atoms with Gasteiger partial charge in [-0.3, -0.25) is 9.11 Å². The Bertz CT molecular complexity index is 918. The van der Waals surface area contributed by atoms with E-state index in [0.717, 1.165) is 62.3 Å². The maximum atomic E-state index is 12.5. The van der Waals surface area contributed by atoms with Crippen LogP contribution in [0, 0.1) is 6.92 Å². The summed E-state index contributed by atoms with van der Waals surface area (Å²) in [5.74, 6) is 3.35. The van der Waals surface area contributed by atoms with Crippen LogP contribution >= 0.6 is 0 Å². The highest BCUT2D eigenvalue weighted by Gasteiger charge is 2.26. The lowest BCUT2D eigenvalue weighted by Gasteiger charge is -2.36. The molecule has 0 amide bonds. The van der Waals surface area contributed by atoms with Gasteiger partial charge in [0, 0.05) is 55.9 Å². The molecule has 0 aromatic carbocycles. The summed E-state index contributed by atoms with van der Waals surface area (Å²) in [4.78, 5) is 14.7. The summed E-state index contributed by atoms with van der Waals surface area (Å²) in [6.45, 7) is 19.8. The van der Waals surface area contributed by atoms with Crippen LogP contribution in [0.2, 0.25) is 0 Å². The van der Waals surface area contributed by atoms with Crippen LogP contribution in [0.5, 0.6) is 0 Å². The zero-order valence-corrected chi connectivity index (χ0v) is 21.8. The van der Waals surface area contributed by atoms with E-state index in [1.807, 2.05) is 18.5 Å². The summed E-state index contributed by atoms with van der Waals surface area (Å²) in [5, 5.41) is 8.63. The molecule has 9 heteroatoms. The first kappa shape index (κ1) is 24.8. The summed E-state index contributed by atoms with van der Waals surface area (Å²) in [6, 6.07) is 2.16. The maximum Gasteiger partial charge on any atom is 0.221 e. The summed E-state index contributed by atoms with van der Waals surface area (Å²) < 4.78 is 14.3. The molecule has 2 aromatic heterocycles. The normalized spacial score (nSPS) is 17.1. The molecule has 0 aliphatic carbocycles. The molecule has 1 aliphatic rings. The molecule has 3 rings (SSSR count). The first-order valence-electron chi connectivity index (χ1n) is 11.5. The fourth-order valence-electron chi connectivity index (χ4n) is 3.61. The molecule has 1 aliphatic heterocycles. The van der Waals surface area contributed by atoms with Crippen LogP contribution in [0.15, 0.2) is 11.2 Å². The lowest BCUT2D eigenvalue weighted by atomic mass is 9.90. The van der Waals surface area contributed by atoms with Gasteiger partial charge in [0.2, 0.25) is 5.16 Å². The molecule has 0 bridgehead atoms. The Morgan fingerprint density at radius 1 is 0.969 bits per heavy atom. The van der Waals surface area contributed by atoms with Crippen molar-refractivity contribution in [2.75, 3.05) is 43.4 Å². The second-order valence-corrected chi connectivity index (χ2v) is 12.2. The van der Waals surface area contributed by atoms with Crippen molar-refractivity contribution in [3.05, 3.63) is 23.4 Å². The van der Waals surface area contributed by atoms with Gasteiger partial charge in [-0.15, -0.1) is 10.2 Å². The predicted molar refractivity (Wildman–Crippen MR) is 130 cm³/mol. The van der Waals surface area contributed by atoms with Crippen molar-refractivity contribution in [1.29, 1.82) is 0 Å². The molecule has 32 heavy (non-hydrogen) atoms. The highest BCUT2D eigenvalue weighted by molar-refractivity contribution is 7.84. The Morgan fingerprint density at radius 2 is 1.62 bits per heavy atom. The van der Waals surface area contributed by atoms with Crippen molar-refractivity contribution in [1.82, 2.24) is 29.6 Å². The molecular formula is C23H39N7OS. The minimum Gasteiger partial charge on any atom is -0.354 e. The van der Waals surface area contributed by atoms with Crippen molar-refractivity contribution in [3.8, 4) is 0 Å². The van der Waals surface area contributed by atoms with Gasteiger partial charge in [0.25, 0.3) is 0 Å².